The van der Waals surface area contributed by atoms with Gasteiger partial charge in [0.15, 0.2) is 0 Å². The van der Waals surface area contributed by atoms with Crippen molar-refractivity contribution in [2.24, 2.45) is 0 Å². The van der Waals surface area contributed by atoms with Crippen LogP contribution in [0.1, 0.15) is 90.7 Å². The van der Waals surface area contributed by atoms with Crippen molar-refractivity contribution in [3.63, 3.8) is 0 Å². The zero-order valence-corrected chi connectivity index (χ0v) is 45.3. The second kappa shape index (κ2) is 24.0. The van der Waals surface area contributed by atoms with Gasteiger partial charge in [0.25, 0.3) is 10.0 Å². The zero-order valence-electron chi connectivity index (χ0n) is 43.7. The molecule has 11 rings (SSSR count). The van der Waals surface area contributed by atoms with Crippen LogP contribution in [0, 0.1) is 0 Å². The van der Waals surface area contributed by atoms with E-state index in [-0.39, 0.29) is 22.6 Å². The van der Waals surface area contributed by atoms with Crippen molar-refractivity contribution in [3.05, 3.63) is 167 Å². The molecule has 1 amide bonds. The van der Waals surface area contributed by atoms with Crippen LogP contribution >= 0.6 is 0 Å². The number of nitrogens with one attached hydrogen (secondary N) is 5. The Morgan fingerprint density at radius 2 is 0.987 bits per heavy atom. The minimum atomic E-state index is -3.79. The van der Waals surface area contributed by atoms with Crippen molar-refractivity contribution < 1.29 is 21.6 Å². The Hall–Kier alpha value is -7.25. The molecule has 2 fully saturated rings. The number of amides is 1. The molecule has 2 unspecified atom stereocenters. The highest BCUT2D eigenvalue weighted by Crippen LogP contribution is 2.44. The van der Waals surface area contributed by atoms with Gasteiger partial charge in [0.05, 0.1) is 22.5 Å². The number of likely N-dealkylation sites (tertiary alicyclic amines) is 2. The van der Waals surface area contributed by atoms with E-state index >= 15 is 0 Å². The monoisotopic (exact) mass is 1070 g/mol. The highest BCUT2D eigenvalue weighted by Gasteiger charge is 2.29. The minimum absolute atomic E-state index is 0.0959. The summed E-state index contributed by atoms with van der Waals surface area (Å²) in [5.41, 5.74) is 12.7. The largest absolute Gasteiger partial charge is 0.354 e. The Balaban J connectivity index is 0.000000179. The first-order chi connectivity index (χ1) is 37.3. The molecule has 0 saturated carbocycles. The van der Waals surface area contributed by atoms with Gasteiger partial charge in [0, 0.05) is 72.4 Å². The molecule has 2 saturated heterocycles. The second-order valence-electron chi connectivity index (χ2n) is 20.4. The van der Waals surface area contributed by atoms with Crippen molar-refractivity contribution in [2.75, 3.05) is 84.0 Å². The molecule has 2 aromatic heterocycles. The molecule has 7 aromatic rings. The Kier molecular flexibility index (Phi) is 16.5. The molecular weight excluding hydrogens is 1010 g/mol. The van der Waals surface area contributed by atoms with Crippen LogP contribution in [-0.2, 0) is 37.7 Å². The van der Waals surface area contributed by atoms with Gasteiger partial charge >= 0.3 is 0 Å². The number of sulfonamides is 2. The molecule has 0 spiro atoms. The average molecular weight is 1070 g/mol. The lowest BCUT2D eigenvalue weighted by molar-refractivity contribution is -0.114. The molecule has 2 atom stereocenters. The number of hydrogen-bond donors (Lipinski definition) is 5. The third-order valence-electron chi connectivity index (χ3n) is 14.7. The SMILES string of the molecule is CC(=O)Nc1ccc(S(=O)(=O)Nc2ccc(C3Cc4cnc(NCCCN5CCCC5)nc4-c4ccccc43)cc2)cc1.CS(=O)(=O)Nc1ccc(C2Cc3cnc(NCCCN4CCCC4)nc3-c3ccccc32)cc1. The molecule has 400 valence electrons. The number of anilines is 5. The van der Waals surface area contributed by atoms with E-state index in [0.29, 0.717) is 29.0 Å². The zero-order chi connectivity index (χ0) is 53.4. The van der Waals surface area contributed by atoms with Crippen LogP contribution in [0.25, 0.3) is 22.5 Å². The van der Waals surface area contributed by atoms with Gasteiger partial charge in [-0.2, -0.15) is 0 Å². The standard InChI is InChI=1S/C33H36N6O3S.C26H31N5O2S/c1-23(40)36-26-13-15-28(16-14-26)43(41,42)38-27-11-9-24(10-12-27)31-21-25-22-35-33(34-17-6-20-39-18-4-5-19-39)37-32(25)30-8-3-2-7-29(30)31;1-34(32,33)30-21-11-9-19(10-12-21)24-17-20-18-28-26(27-13-6-16-31-14-4-5-15-31)29-25(20)23-8-3-2-7-22(23)24/h2-3,7-16,22,31,38H,4-6,17-21H2,1H3,(H,36,40)(H,34,35,37);2-3,7-12,18,24,30H,4-6,13-17H2,1H3,(H,27,28,29). The van der Waals surface area contributed by atoms with Gasteiger partial charge in [-0.3, -0.25) is 14.2 Å². The van der Waals surface area contributed by atoms with Crippen molar-refractivity contribution in [2.45, 2.75) is 75.0 Å². The summed E-state index contributed by atoms with van der Waals surface area (Å²) in [6.07, 6.45) is 14.0. The fourth-order valence-electron chi connectivity index (χ4n) is 11.0. The summed E-state index contributed by atoms with van der Waals surface area (Å²) in [7, 11) is -7.09. The molecule has 2 aliphatic carbocycles. The van der Waals surface area contributed by atoms with E-state index in [0.717, 1.165) is 103 Å². The van der Waals surface area contributed by atoms with Crippen LogP contribution < -0.4 is 25.4 Å². The lowest BCUT2D eigenvalue weighted by Crippen LogP contribution is -2.22. The Bertz CT molecular complexity index is 3410. The van der Waals surface area contributed by atoms with Gasteiger partial charge < -0.3 is 25.8 Å². The predicted octanol–water partition coefficient (Wildman–Crippen LogP) is 9.59. The van der Waals surface area contributed by atoms with Crippen molar-refractivity contribution in [1.82, 2.24) is 29.7 Å². The maximum absolute atomic E-state index is 13.0. The molecule has 18 heteroatoms. The van der Waals surface area contributed by atoms with E-state index < -0.39 is 20.0 Å². The number of carbonyl (C=O) groups excluding carboxylic acids is 1. The van der Waals surface area contributed by atoms with Gasteiger partial charge in [-0.1, -0.05) is 72.8 Å². The van der Waals surface area contributed by atoms with E-state index in [1.807, 2.05) is 54.9 Å². The highest BCUT2D eigenvalue weighted by molar-refractivity contribution is 7.92. The van der Waals surface area contributed by atoms with Crippen LogP contribution in [0.5, 0.6) is 0 Å². The molecule has 5 aromatic carbocycles. The lowest BCUT2D eigenvalue weighted by atomic mass is 9.78. The van der Waals surface area contributed by atoms with Gasteiger partial charge in [-0.15, -0.1) is 0 Å². The lowest BCUT2D eigenvalue weighted by Gasteiger charge is -2.27. The van der Waals surface area contributed by atoms with E-state index in [1.165, 1.54) is 82.0 Å². The van der Waals surface area contributed by atoms with Gasteiger partial charge in [-0.05, 0) is 173 Å². The first kappa shape index (κ1) is 53.2. The summed E-state index contributed by atoms with van der Waals surface area (Å²) < 4.78 is 54.2. The third-order valence-corrected chi connectivity index (χ3v) is 16.7. The molecule has 5 N–H and O–H groups in total. The predicted molar refractivity (Wildman–Crippen MR) is 306 cm³/mol. The quantitative estimate of drug-likeness (QED) is 0.0509. The van der Waals surface area contributed by atoms with Crippen LogP contribution in [-0.4, -0.2) is 111 Å². The average Bonchev–Trinajstić information content (AvgIpc) is 4.18. The van der Waals surface area contributed by atoms with E-state index in [9.17, 15) is 21.6 Å². The number of benzene rings is 5. The highest BCUT2D eigenvalue weighted by atomic mass is 32.2. The third kappa shape index (κ3) is 13.5. The summed E-state index contributed by atoms with van der Waals surface area (Å²) >= 11 is 0. The molecule has 0 radical (unpaired) electrons. The number of nitrogens with zero attached hydrogens (tertiary/aromatic N) is 6. The smallest absolute Gasteiger partial charge is 0.261 e. The first-order valence-electron chi connectivity index (χ1n) is 26.7. The maximum atomic E-state index is 13.0. The number of rotatable bonds is 18. The molecule has 16 nitrogen and oxygen atoms in total. The van der Waals surface area contributed by atoms with Crippen LogP contribution in [0.3, 0.4) is 0 Å². The Morgan fingerprint density at radius 1 is 0.558 bits per heavy atom. The molecule has 2 aliphatic heterocycles. The summed E-state index contributed by atoms with van der Waals surface area (Å²) in [5.74, 6) is 1.39. The molecule has 77 heavy (non-hydrogen) atoms. The van der Waals surface area contributed by atoms with Crippen LogP contribution in [0.15, 0.2) is 139 Å². The topological polar surface area (TPSA) is 204 Å². The number of hydrogen-bond acceptors (Lipinski definition) is 13. The first-order valence-corrected chi connectivity index (χ1v) is 30.1. The van der Waals surface area contributed by atoms with E-state index in [2.05, 4.69) is 87.6 Å². The molecule has 4 aliphatic rings. The fraction of sp³-hybridized carbons (Fsp3) is 0.339. The second-order valence-corrected chi connectivity index (χ2v) is 23.8. The number of carbonyl (C=O) groups is 1. The number of fused-ring (bicyclic) bond motifs is 6. The van der Waals surface area contributed by atoms with E-state index in [4.69, 9.17) is 9.97 Å². The molecule has 0 bridgehead atoms. The molecule has 4 heterocycles. The summed E-state index contributed by atoms with van der Waals surface area (Å²) in [5, 5.41) is 9.47. The molecular formula is C59H67N11O5S2. The normalized spacial score (nSPS) is 16.9. The minimum Gasteiger partial charge on any atom is -0.354 e. The van der Waals surface area contributed by atoms with Gasteiger partial charge in [0.1, 0.15) is 0 Å². The number of aromatic nitrogens is 4. The Morgan fingerprint density at radius 3 is 1.43 bits per heavy atom. The fourth-order valence-corrected chi connectivity index (χ4v) is 12.6. The summed E-state index contributed by atoms with van der Waals surface area (Å²) in [6, 6.07) is 38.0. The maximum Gasteiger partial charge on any atom is 0.261 e. The van der Waals surface area contributed by atoms with Crippen molar-refractivity contribution >= 4 is 54.9 Å². The van der Waals surface area contributed by atoms with Crippen molar-refractivity contribution in [1.29, 1.82) is 0 Å². The van der Waals surface area contributed by atoms with Crippen LogP contribution in [0.2, 0.25) is 0 Å². The van der Waals surface area contributed by atoms with Crippen molar-refractivity contribution in [3.8, 4) is 22.5 Å². The van der Waals surface area contributed by atoms with Gasteiger partial charge in [-0.25, -0.2) is 36.8 Å². The van der Waals surface area contributed by atoms with E-state index in [1.54, 1.807) is 24.3 Å². The Labute approximate surface area is 452 Å². The van der Waals surface area contributed by atoms with Crippen LogP contribution in [0.4, 0.5) is 29.0 Å². The summed E-state index contributed by atoms with van der Waals surface area (Å²) in [4.78, 5) is 35.5. The van der Waals surface area contributed by atoms with Gasteiger partial charge in [0.2, 0.25) is 27.8 Å². The summed E-state index contributed by atoms with van der Waals surface area (Å²) in [6.45, 7) is 10.2.